The van der Waals surface area contributed by atoms with Crippen molar-refractivity contribution in [1.82, 2.24) is 0 Å². The van der Waals surface area contributed by atoms with E-state index in [0.29, 0.717) is 0 Å². The third kappa shape index (κ3) is 25.1. The Bertz CT molecular complexity index is 27.2. The summed E-state index contributed by atoms with van der Waals surface area (Å²) in [7, 11) is 20.1. The third-order valence-corrected chi connectivity index (χ3v) is 0. The summed E-state index contributed by atoms with van der Waals surface area (Å²) in [5.74, 6) is 0. The van der Waals surface area contributed by atoms with Gasteiger partial charge in [0.1, 0.15) is 0 Å². The van der Waals surface area contributed by atoms with Crippen molar-refractivity contribution >= 4 is 49.6 Å². The molecule has 0 heterocycles. The van der Waals surface area contributed by atoms with Crippen LogP contribution >= 0.6 is 35.7 Å². The van der Waals surface area contributed by atoms with Crippen molar-refractivity contribution in [3.8, 4) is 0 Å². The van der Waals surface area contributed by atoms with Crippen LogP contribution in [-0.4, -0.2) is 13.9 Å². The molecule has 0 rings (SSSR count). The molecule has 0 amide bonds. The fraction of sp³-hybridized carbons (Fsp3) is 0. The van der Waals surface area contributed by atoms with E-state index in [9.17, 15) is 0 Å². The van der Waals surface area contributed by atoms with Crippen molar-refractivity contribution < 1.29 is 59.6 Å². The second-order valence-electron chi connectivity index (χ2n) is 0.429. The Morgan fingerprint density at radius 3 is 1.00 bits per heavy atom. The first-order chi connectivity index (χ1) is 2.00. The molecule has 34 valence electrons. The number of rotatable bonds is 0. The second kappa shape index (κ2) is 5.54. The molecule has 0 aliphatic carbocycles. The third-order valence-electron chi connectivity index (χ3n) is 0. The molecular weight excluding hydrogens is 346 g/mol. The smallest absolute Gasteiger partial charge is 1.00 e. The zero-order chi connectivity index (χ0) is 4.50. The Kier molecular flexibility index (Phi) is 11.5. The molecule has 0 aliphatic rings. The average molecular weight is 347 g/mol. The molecule has 0 bridgehead atoms. The van der Waals surface area contributed by atoms with Crippen LogP contribution in [0.15, 0.2) is 0 Å². The minimum Gasteiger partial charge on any atom is -1.00 e. The quantitative estimate of drug-likeness (QED) is 0.518. The Morgan fingerprint density at radius 2 is 1.00 bits per heavy atom. The van der Waals surface area contributed by atoms with Gasteiger partial charge in [0.2, 0.25) is 0 Å². The number of halogens is 4. The molecule has 0 aromatic rings. The molecule has 0 nitrogen and oxygen atoms in total. The van der Waals surface area contributed by atoms with E-state index in [1.165, 1.54) is 0 Å². The van der Waals surface area contributed by atoms with Gasteiger partial charge in [-0.1, -0.05) is 0 Å². The van der Waals surface area contributed by atoms with E-state index in [4.69, 9.17) is 35.7 Å². The van der Waals surface area contributed by atoms with Crippen LogP contribution in [0.3, 0.4) is 0 Å². The second-order valence-corrected chi connectivity index (χ2v) is 25.9. The minimum absolute atomic E-state index is 0. The summed E-state index contributed by atoms with van der Waals surface area (Å²) in [6.45, 7) is 0. The van der Waals surface area contributed by atoms with Crippen molar-refractivity contribution in [1.29, 1.82) is 0 Å². The molecular formula is HCl4RbSn. The average Bonchev–Trinajstić information content (AvgIpc) is 0.722. The van der Waals surface area contributed by atoms with Crippen LogP contribution in [0.4, 0.5) is 0 Å². The molecule has 0 fully saturated rings. The van der Waals surface area contributed by atoms with Gasteiger partial charge in [-0.15, -0.1) is 0 Å². The van der Waals surface area contributed by atoms with Crippen LogP contribution < -0.4 is 58.2 Å². The Morgan fingerprint density at radius 1 is 1.00 bits per heavy atom. The van der Waals surface area contributed by atoms with Gasteiger partial charge in [0.25, 0.3) is 0 Å². The SMILES string of the molecule is [Cl][Sn]([Cl])([Cl])[Cl].[H-].[Rb+]. The van der Waals surface area contributed by atoms with Gasteiger partial charge in [0, 0.05) is 0 Å². The van der Waals surface area contributed by atoms with Crippen LogP contribution in [0.2, 0.25) is 0 Å². The largest absolute Gasteiger partial charge is 1.00 e. The standard InChI is InChI=1S/4ClH.Rb.Sn.H/h4*1H;;;/q;;;;+1;+4;-1/p-4. The van der Waals surface area contributed by atoms with Gasteiger partial charge in [-0.25, -0.2) is 0 Å². The summed E-state index contributed by atoms with van der Waals surface area (Å²) in [4.78, 5) is 0. The molecule has 0 aliphatic heterocycles. The van der Waals surface area contributed by atoms with Crippen LogP contribution in [0.5, 0.6) is 0 Å². The van der Waals surface area contributed by atoms with E-state index in [0.717, 1.165) is 0 Å². The van der Waals surface area contributed by atoms with Crippen LogP contribution in [0.25, 0.3) is 0 Å². The summed E-state index contributed by atoms with van der Waals surface area (Å²) in [5.41, 5.74) is 0. The molecule has 0 unspecified atom stereocenters. The monoisotopic (exact) mass is 346 g/mol. The Balaban J connectivity index is -0.0000000800. The van der Waals surface area contributed by atoms with E-state index < -0.39 is 13.9 Å². The predicted octanol–water partition coefficient (Wildman–Crippen LogP) is -0.506. The summed E-state index contributed by atoms with van der Waals surface area (Å²) < 4.78 is 0. The molecule has 0 radical (unpaired) electrons. The van der Waals surface area contributed by atoms with Crippen LogP contribution in [-0.2, 0) is 0 Å². The van der Waals surface area contributed by atoms with Crippen molar-refractivity contribution in [2.75, 3.05) is 0 Å². The van der Waals surface area contributed by atoms with Gasteiger partial charge < -0.3 is 1.43 Å². The molecule has 6 heteroatoms. The van der Waals surface area contributed by atoms with Crippen molar-refractivity contribution in [3.05, 3.63) is 0 Å². The molecule has 0 aromatic heterocycles. The van der Waals surface area contributed by atoms with E-state index in [1.807, 2.05) is 0 Å². The number of hydrogen-bond acceptors (Lipinski definition) is 0. The van der Waals surface area contributed by atoms with Gasteiger partial charge in [0.05, 0.1) is 0 Å². The molecule has 0 atom stereocenters. The Labute approximate surface area is 106 Å². The Hall–Kier alpha value is 3.76. The van der Waals surface area contributed by atoms with Crippen LogP contribution in [0.1, 0.15) is 1.43 Å². The van der Waals surface area contributed by atoms with Crippen molar-refractivity contribution in [2.24, 2.45) is 0 Å². The normalized spacial score (nSPS) is 10.0. The van der Waals surface area contributed by atoms with Gasteiger partial charge in [-0.3, -0.25) is 0 Å². The van der Waals surface area contributed by atoms with E-state index in [-0.39, 0.29) is 59.6 Å². The maximum atomic E-state index is 5.04. The van der Waals surface area contributed by atoms with Gasteiger partial charge in [-0.05, 0) is 0 Å². The molecule has 0 saturated heterocycles. The molecule has 6 heavy (non-hydrogen) atoms. The summed E-state index contributed by atoms with van der Waals surface area (Å²) >= 11 is -3.29. The molecule has 0 spiro atoms. The number of hydrogen-bond donors (Lipinski definition) is 0. The maximum absolute atomic E-state index is 5.04. The van der Waals surface area contributed by atoms with E-state index in [2.05, 4.69) is 0 Å². The molecule has 0 N–H and O–H groups in total. The first-order valence-electron chi connectivity index (χ1n) is 0.756. The van der Waals surface area contributed by atoms with E-state index in [1.54, 1.807) is 0 Å². The van der Waals surface area contributed by atoms with E-state index >= 15 is 0 Å². The van der Waals surface area contributed by atoms with Crippen molar-refractivity contribution in [3.63, 3.8) is 0 Å². The molecule has 0 aromatic carbocycles. The molecule has 0 saturated carbocycles. The minimum atomic E-state index is -3.29. The van der Waals surface area contributed by atoms with Gasteiger partial charge >= 0.3 is 108 Å². The van der Waals surface area contributed by atoms with Crippen LogP contribution in [0, 0.1) is 0 Å². The summed E-state index contributed by atoms with van der Waals surface area (Å²) in [6, 6.07) is 0. The zero-order valence-corrected chi connectivity index (χ0v) is 13.8. The summed E-state index contributed by atoms with van der Waals surface area (Å²) in [5, 5.41) is 0. The zero-order valence-electron chi connectivity index (χ0n) is 4.01. The first kappa shape index (κ1) is 12.4. The first-order valence-corrected chi connectivity index (χ1v) is 15.2. The van der Waals surface area contributed by atoms with Crippen molar-refractivity contribution in [2.45, 2.75) is 0 Å². The van der Waals surface area contributed by atoms with Gasteiger partial charge in [0.15, 0.2) is 0 Å². The fourth-order valence-electron chi connectivity index (χ4n) is 0. The summed E-state index contributed by atoms with van der Waals surface area (Å²) in [6.07, 6.45) is 0. The van der Waals surface area contributed by atoms with Gasteiger partial charge in [-0.2, -0.15) is 0 Å². The predicted molar refractivity (Wildman–Crippen MR) is 30.3 cm³/mol. The topological polar surface area (TPSA) is 0 Å². The maximum Gasteiger partial charge on any atom is 1.00 e. The fourth-order valence-corrected chi connectivity index (χ4v) is 0.